The normalized spacial score (nSPS) is 17.9. The highest BCUT2D eigenvalue weighted by atomic mass is 32.2. The Morgan fingerprint density at radius 1 is 0.933 bits per heavy atom. The van der Waals surface area contributed by atoms with Crippen LogP contribution in [0, 0.1) is 10.8 Å². The second-order valence-corrected chi connectivity index (χ2v) is 15.7. The van der Waals surface area contributed by atoms with E-state index in [4.69, 9.17) is 22.3 Å². The van der Waals surface area contributed by atoms with E-state index in [1.165, 1.54) is 52.6 Å². The Labute approximate surface area is 275 Å². The maximum absolute atomic E-state index is 11.8. The molecule has 6 N–H and O–H groups in total. The number of allylic oxidation sites excluding steroid dienone is 6. The fourth-order valence-electron chi connectivity index (χ4n) is 6.10. The van der Waals surface area contributed by atoms with Crippen molar-refractivity contribution in [3.05, 3.63) is 89.7 Å². The van der Waals surface area contributed by atoms with Crippen LogP contribution in [0.25, 0.3) is 0 Å². The van der Waals surface area contributed by atoms with E-state index in [0.29, 0.717) is 12.3 Å². The van der Waals surface area contributed by atoms with Crippen LogP contribution in [0.15, 0.2) is 83.4 Å². The van der Waals surface area contributed by atoms with Gasteiger partial charge >= 0.3 is 0 Å². The van der Waals surface area contributed by atoms with Crippen LogP contribution in [-0.4, -0.2) is 58.2 Å². The number of hydrogen-bond donors (Lipinski definition) is 4. The SMILES string of the molecule is CC1(C)C(/C=C/C=C/C=C2/N(CCCSC(=N)N)c3ccc(S(=O)(=O)[O-])cc3C2(C)C)=[N+](CCCSC(=N)N)c2ccccc21. The van der Waals surface area contributed by atoms with Gasteiger partial charge in [-0.2, -0.15) is 4.58 Å². The first-order valence-electron chi connectivity index (χ1n) is 14.8. The lowest BCUT2D eigenvalue weighted by Gasteiger charge is -2.27. The summed E-state index contributed by atoms with van der Waals surface area (Å²) in [6.07, 6.45) is 11.9. The third-order valence-corrected chi connectivity index (χ3v) is 10.7. The Balaban J connectivity index is 1.63. The van der Waals surface area contributed by atoms with Gasteiger partial charge < -0.3 is 20.9 Å². The fraction of sp³-hybridized carbons (Fsp3) is 0.364. The number of nitrogens with one attached hydrogen (secondary N) is 2. The van der Waals surface area contributed by atoms with E-state index >= 15 is 0 Å². The zero-order valence-corrected chi connectivity index (χ0v) is 28.6. The molecule has 0 amide bonds. The molecule has 9 nitrogen and oxygen atoms in total. The van der Waals surface area contributed by atoms with E-state index in [-0.39, 0.29) is 20.6 Å². The summed E-state index contributed by atoms with van der Waals surface area (Å²) in [5.74, 6) is 1.46. The number of nitrogens with two attached hydrogens (primary N) is 2. The first-order valence-corrected chi connectivity index (χ1v) is 18.1. The Morgan fingerprint density at radius 2 is 1.60 bits per heavy atom. The molecule has 2 aromatic rings. The molecule has 45 heavy (non-hydrogen) atoms. The minimum atomic E-state index is -4.59. The summed E-state index contributed by atoms with van der Waals surface area (Å²) in [7, 11) is -4.59. The molecule has 2 heterocycles. The predicted octanol–water partition coefficient (Wildman–Crippen LogP) is 5.79. The largest absolute Gasteiger partial charge is 0.744 e. The van der Waals surface area contributed by atoms with Gasteiger partial charge in [0.25, 0.3) is 0 Å². The van der Waals surface area contributed by atoms with E-state index < -0.39 is 15.5 Å². The van der Waals surface area contributed by atoms with Crippen LogP contribution in [0.2, 0.25) is 0 Å². The second-order valence-electron chi connectivity index (χ2n) is 12.0. The van der Waals surface area contributed by atoms with Gasteiger partial charge in [-0.15, -0.1) is 0 Å². The number of benzene rings is 2. The molecule has 2 aliphatic rings. The van der Waals surface area contributed by atoms with Crippen LogP contribution in [0.3, 0.4) is 0 Å². The van der Waals surface area contributed by atoms with Crippen molar-refractivity contribution in [1.82, 2.24) is 0 Å². The molecule has 0 fully saturated rings. The van der Waals surface area contributed by atoms with Crippen LogP contribution in [0.4, 0.5) is 11.4 Å². The minimum Gasteiger partial charge on any atom is -0.744 e. The third-order valence-electron chi connectivity index (χ3n) is 8.25. The molecule has 0 unspecified atom stereocenters. The maximum atomic E-state index is 11.8. The van der Waals surface area contributed by atoms with Crippen LogP contribution >= 0.6 is 23.5 Å². The highest BCUT2D eigenvalue weighted by molar-refractivity contribution is 8.13. The van der Waals surface area contributed by atoms with E-state index in [0.717, 1.165) is 42.1 Å². The zero-order chi connectivity index (χ0) is 33.0. The number of fused-ring (bicyclic) bond motifs is 2. The van der Waals surface area contributed by atoms with Gasteiger partial charge in [-0.1, -0.05) is 73.8 Å². The Morgan fingerprint density at radius 3 is 2.27 bits per heavy atom. The van der Waals surface area contributed by atoms with Crippen molar-refractivity contribution in [2.75, 3.05) is 29.5 Å². The lowest BCUT2D eigenvalue weighted by molar-refractivity contribution is -0.437. The van der Waals surface area contributed by atoms with Gasteiger partial charge in [-0.25, -0.2) is 8.42 Å². The summed E-state index contributed by atoms with van der Waals surface area (Å²) in [6, 6.07) is 13.1. The molecular weight excluding hydrogens is 625 g/mol. The zero-order valence-electron chi connectivity index (χ0n) is 26.2. The summed E-state index contributed by atoms with van der Waals surface area (Å²) in [6.45, 7) is 10.00. The van der Waals surface area contributed by atoms with Gasteiger partial charge in [0.2, 0.25) is 5.69 Å². The standard InChI is InChI=1S/C33H42N6O3S3/c1-32(2)24-12-8-9-13-26(24)38(18-10-20-43-30(34)35)28(32)14-6-5-7-15-29-33(3,4)25-22-23(45(40,41)42)16-17-27(25)39(29)19-11-21-44-31(36)37/h5-9,12-17,22H,10-11,18-21H2,1-4H3,(H6-,34,35,36,37,40,41,42). The number of nitrogens with zero attached hydrogens (tertiary/aromatic N) is 2. The van der Waals surface area contributed by atoms with Gasteiger partial charge in [0, 0.05) is 59.0 Å². The van der Waals surface area contributed by atoms with Gasteiger partial charge in [-0.3, -0.25) is 10.8 Å². The Hall–Kier alpha value is -3.32. The number of amidine groups is 2. The molecule has 4 rings (SSSR count). The quantitative estimate of drug-likeness (QED) is 0.0552. The molecule has 0 bridgehead atoms. The van der Waals surface area contributed by atoms with Gasteiger partial charge in [0.05, 0.1) is 10.3 Å². The van der Waals surface area contributed by atoms with Gasteiger partial charge in [0.15, 0.2) is 16.0 Å². The smallest absolute Gasteiger partial charge is 0.209 e. The Kier molecular flexibility index (Phi) is 10.7. The second kappa shape index (κ2) is 14.0. The average molecular weight is 667 g/mol. The summed E-state index contributed by atoms with van der Waals surface area (Å²) in [5, 5.41) is 15.2. The number of anilines is 1. The molecule has 2 aromatic carbocycles. The average Bonchev–Trinajstić information content (AvgIpc) is 3.31. The summed E-state index contributed by atoms with van der Waals surface area (Å²) in [4.78, 5) is 1.93. The van der Waals surface area contributed by atoms with Crippen LogP contribution < -0.4 is 16.4 Å². The summed E-state index contributed by atoms with van der Waals surface area (Å²) >= 11 is 2.65. The van der Waals surface area contributed by atoms with Crippen LogP contribution in [-0.2, 0) is 20.9 Å². The van der Waals surface area contributed by atoms with Crippen molar-refractivity contribution in [3.63, 3.8) is 0 Å². The van der Waals surface area contributed by atoms with Crippen molar-refractivity contribution in [2.45, 2.75) is 56.3 Å². The van der Waals surface area contributed by atoms with Crippen molar-refractivity contribution in [2.24, 2.45) is 11.5 Å². The molecule has 0 radical (unpaired) electrons. The van der Waals surface area contributed by atoms with Crippen LogP contribution in [0.5, 0.6) is 0 Å². The first kappa shape index (κ1) is 34.6. The molecule has 0 aliphatic carbocycles. The van der Waals surface area contributed by atoms with E-state index in [1.807, 2.05) is 38.2 Å². The summed E-state index contributed by atoms with van der Waals surface area (Å²) < 4.78 is 37.8. The minimum absolute atomic E-state index is 0.0767. The number of thioether (sulfide) groups is 2. The maximum Gasteiger partial charge on any atom is 0.209 e. The van der Waals surface area contributed by atoms with E-state index in [1.54, 1.807) is 6.07 Å². The van der Waals surface area contributed by atoms with E-state index in [9.17, 15) is 13.0 Å². The molecule has 0 aromatic heterocycles. The fourth-order valence-corrected chi connectivity index (χ4v) is 7.58. The van der Waals surface area contributed by atoms with Gasteiger partial charge in [-0.05, 0) is 50.1 Å². The monoisotopic (exact) mass is 666 g/mol. The molecule has 240 valence electrons. The van der Waals surface area contributed by atoms with Crippen molar-refractivity contribution >= 4 is 61.1 Å². The third kappa shape index (κ3) is 7.74. The van der Waals surface area contributed by atoms with Crippen molar-refractivity contribution in [1.29, 1.82) is 10.8 Å². The number of hydrogen-bond acceptors (Lipinski definition) is 8. The highest BCUT2D eigenvalue weighted by Gasteiger charge is 2.44. The van der Waals surface area contributed by atoms with Gasteiger partial charge in [0.1, 0.15) is 16.7 Å². The molecule has 0 saturated carbocycles. The lowest BCUT2D eigenvalue weighted by Crippen LogP contribution is -2.28. The highest BCUT2D eigenvalue weighted by Crippen LogP contribution is 2.48. The molecular formula is C33H42N6O3S3. The molecule has 0 atom stereocenters. The lowest BCUT2D eigenvalue weighted by atomic mass is 9.81. The van der Waals surface area contributed by atoms with Crippen LogP contribution in [0.1, 0.15) is 51.7 Å². The molecule has 2 aliphatic heterocycles. The van der Waals surface area contributed by atoms with Crippen molar-refractivity contribution in [3.8, 4) is 0 Å². The Bertz CT molecular complexity index is 1710. The predicted molar refractivity (Wildman–Crippen MR) is 188 cm³/mol. The number of para-hydroxylation sites is 1. The topological polar surface area (TPSA) is 163 Å². The molecule has 0 spiro atoms. The molecule has 0 saturated heterocycles. The summed E-state index contributed by atoms with van der Waals surface area (Å²) in [5.41, 5.74) is 16.6. The van der Waals surface area contributed by atoms with Crippen molar-refractivity contribution < 1.29 is 17.5 Å². The first-order chi connectivity index (χ1) is 21.2. The van der Waals surface area contributed by atoms with E-state index in [2.05, 4.69) is 53.7 Å². The number of rotatable bonds is 12. The molecule has 12 heteroatoms.